The Morgan fingerprint density at radius 1 is 0.367 bits per heavy atom. The number of benzene rings is 6. The molecule has 0 saturated carbocycles. The van der Waals surface area contributed by atoms with Gasteiger partial charge in [-0.3, -0.25) is 4.98 Å². The van der Waals surface area contributed by atoms with Crippen molar-refractivity contribution < 1.29 is 4.42 Å². The van der Waals surface area contributed by atoms with E-state index < -0.39 is 0 Å². The van der Waals surface area contributed by atoms with Crippen molar-refractivity contribution in [3.8, 4) is 67.3 Å². The van der Waals surface area contributed by atoms with Gasteiger partial charge in [0.15, 0.2) is 5.82 Å². The van der Waals surface area contributed by atoms with Gasteiger partial charge in [0.2, 0.25) is 0 Å². The Kier molecular flexibility index (Phi) is 7.10. The number of nitrogens with zero attached hydrogens (tertiary/aromatic N) is 3. The Morgan fingerprint density at radius 3 is 1.65 bits per heavy atom. The van der Waals surface area contributed by atoms with Crippen molar-refractivity contribution in [3.63, 3.8) is 0 Å². The number of furan rings is 1. The molecule has 0 amide bonds. The Morgan fingerprint density at radius 2 is 0.918 bits per heavy atom. The van der Waals surface area contributed by atoms with E-state index in [4.69, 9.17) is 14.4 Å². The second-order valence-corrected chi connectivity index (χ2v) is 12.1. The molecule has 230 valence electrons. The summed E-state index contributed by atoms with van der Waals surface area (Å²) < 4.78 is 6.26. The topological polar surface area (TPSA) is 51.8 Å². The van der Waals surface area contributed by atoms with Gasteiger partial charge in [-0.2, -0.15) is 0 Å². The zero-order valence-corrected chi connectivity index (χ0v) is 26.5. The third-order valence-electron chi connectivity index (χ3n) is 9.00. The highest BCUT2D eigenvalue weighted by molar-refractivity contribution is 6.12. The van der Waals surface area contributed by atoms with Crippen LogP contribution in [0.1, 0.15) is 0 Å². The maximum Gasteiger partial charge on any atom is 0.160 e. The summed E-state index contributed by atoms with van der Waals surface area (Å²) in [6.07, 6.45) is 3.65. The summed E-state index contributed by atoms with van der Waals surface area (Å²) in [4.78, 5) is 14.6. The molecule has 0 unspecified atom stereocenters. The zero-order chi connectivity index (χ0) is 32.6. The van der Waals surface area contributed by atoms with Crippen LogP contribution in [0.3, 0.4) is 0 Å². The molecule has 0 fully saturated rings. The molecule has 0 aliphatic heterocycles. The van der Waals surface area contributed by atoms with Gasteiger partial charge in [-0.25, -0.2) is 9.97 Å². The van der Waals surface area contributed by atoms with E-state index in [1.807, 2.05) is 67.0 Å². The monoisotopic (exact) mass is 627 g/mol. The summed E-state index contributed by atoms with van der Waals surface area (Å²) in [5, 5.41) is 2.12. The maximum atomic E-state index is 6.26. The van der Waals surface area contributed by atoms with Crippen LogP contribution in [-0.2, 0) is 0 Å². The van der Waals surface area contributed by atoms with Crippen LogP contribution in [0.15, 0.2) is 181 Å². The number of pyridine rings is 1. The molecule has 9 rings (SSSR count). The SMILES string of the molecule is c1ccc(-c2cc(-c3ccc(-c4ccncc4)cc3)cc(-c3cc(-c4cccc5oc6ccccc6c45)nc(-c4ccccc4)n3)c2)cc1. The minimum Gasteiger partial charge on any atom is -0.456 e. The first-order valence-electron chi connectivity index (χ1n) is 16.3. The number of hydrogen-bond donors (Lipinski definition) is 0. The summed E-state index contributed by atoms with van der Waals surface area (Å²) in [5.41, 5.74) is 13.2. The average molecular weight is 628 g/mol. The van der Waals surface area contributed by atoms with Gasteiger partial charge in [0, 0.05) is 39.9 Å². The quantitative estimate of drug-likeness (QED) is 0.184. The second-order valence-electron chi connectivity index (χ2n) is 12.1. The second kappa shape index (κ2) is 12.2. The third kappa shape index (κ3) is 5.45. The summed E-state index contributed by atoms with van der Waals surface area (Å²) in [5.74, 6) is 0.672. The highest BCUT2D eigenvalue weighted by Gasteiger charge is 2.17. The van der Waals surface area contributed by atoms with Gasteiger partial charge >= 0.3 is 0 Å². The van der Waals surface area contributed by atoms with Crippen molar-refractivity contribution in [3.05, 3.63) is 176 Å². The van der Waals surface area contributed by atoms with Crippen molar-refractivity contribution in [2.24, 2.45) is 0 Å². The van der Waals surface area contributed by atoms with Crippen LogP contribution in [0.25, 0.3) is 89.2 Å². The molecule has 0 radical (unpaired) electrons. The number of para-hydroxylation sites is 1. The molecule has 0 atom stereocenters. The Labute approximate surface area is 284 Å². The van der Waals surface area contributed by atoms with Gasteiger partial charge in [-0.1, -0.05) is 115 Å². The van der Waals surface area contributed by atoms with Crippen LogP contribution < -0.4 is 0 Å². The molecule has 6 aromatic carbocycles. The highest BCUT2D eigenvalue weighted by atomic mass is 16.3. The third-order valence-corrected chi connectivity index (χ3v) is 9.00. The van der Waals surface area contributed by atoms with E-state index in [-0.39, 0.29) is 0 Å². The molecule has 4 nitrogen and oxygen atoms in total. The van der Waals surface area contributed by atoms with Crippen molar-refractivity contribution in [2.75, 3.05) is 0 Å². The molecular formula is C45H29N3O. The number of rotatable bonds is 6. The molecule has 9 aromatic rings. The van der Waals surface area contributed by atoms with Crippen molar-refractivity contribution >= 4 is 21.9 Å². The molecule has 0 bridgehead atoms. The van der Waals surface area contributed by atoms with Crippen LogP contribution in [0.5, 0.6) is 0 Å². The lowest BCUT2D eigenvalue weighted by molar-refractivity contribution is 0.669. The minimum atomic E-state index is 0.672. The van der Waals surface area contributed by atoms with Gasteiger partial charge in [-0.15, -0.1) is 0 Å². The fraction of sp³-hybridized carbons (Fsp3) is 0. The van der Waals surface area contributed by atoms with E-state index >= 15 is 0 Å². The van der Waals surface area contributed by atoms with Gasteiger partial charge in [-0.05, 0) is 81.9 Å². The summed E-state index contributed by atoms with van der Waals surface area (Å²) in [7, 11) is 0. The molecule has 3 heterocycles. The van der Waals surface area contributed by atoms with E-state index in [0.29, 0.717) is 5.82 Å². The van der Waals surface area contributed by atoms with E-state index in [9.17, 15) is 0 Å². The minimum absolute atomic E-state index is 0.672. The van der Waals surface area contributed by atoms with Crippen LogP contribution in [0, 0.1) is 0 Å². The van der Waals surface area contributed by atoms with Crippen LogP contribution in [0.4, 0.5) is 0 Å². The average Bonchev–Trinajstić information content (AvgIpc) is 3.58. The van der Waals surface area contributed by atoms with Crippen LogP contribution >= 0.6 is 0 Å². The molecule has 0 aliphatic rings. The highest BCUT2D eigenvalue weighted by Crippen LogP contribution is 2.39. The largest absolute Gasteiger partial charge is 0.456 e. The lowest BCUT2D eigenvalue weighted by atomic mass is 9.93. The molecular weight excluding hydrogens is 599 g/mol. The lowest BCUT2D eigenvalue weighted by Gasteiger charge is -2.14. The number of hydrogen-bond acceptors (Lipinski definition) is 4. The van der Waals surface area contributed by atoms with E-state index in [2.05, 4.69) is 114 Å². The van der Waals surface area contributed by atoms with Gasteiger partial charge in [0.05, 0.1) is 11.4 Å². The van der Waals surface area contributed by atoms with Crippen molar-refractivity contribution in [2.45, 2.75) is 0 Å². The molecule has 0 aliphatic carbocycles. The van der Waals surface area contributed by atoms with Gasteiger partial charge in [0.1, 0.15) is 11.2 Å². The first-order chi connectivity index (χ1) is 24.3. The Hall–Kier alpha value is -6.65. The number of aromatic nitrogens is 3. The first kappa shape index (κ1) is 28.6. The molecule has 0 spiro atoms. The Balaban J connectivity index is 1.25. The van der Waals surface area contributed by atoms with Crippen molar-refractivity contribution in [1.29, 1.82) is 0 Å². The zero-order valence-electron chi connectivity index (χ0n) is 26.5. The fourth-order valence-electron chi connectivity index (χ4n) is 6.58. The predicted molar refractivity (Wildman–Crippen MR) is 200 cm³/mol. The van der Waals surface area contributed by atoms with Gasteiger partial charge < -0.3 is 4.42 Å². The lowest BCUT2D eigenvalue weighted by Crippen LogP contribution is -1.97. The standard InChI is InChI=1S/C45H29N3O/c1-3-10-30(11-4-1)35-26-36(32-20-18-31(19-21-32)33-22-24-46-25-23-33)28-37(27-35)40-29-41(48-45(47-40)34-12-5-2-6-13-34)38-15-9-17-43-44(38)39-14-7-8-16-42(39)49-43/h1-29H. The maximum absolute atomic E-state index is 6.26. The predicted octanol–water partition coefficient (Wildman–Crippen LogP) is 11.8. The summed E-state index contributed by atoms with van der Waals surface area (Å²) in [6.45, 7) is 0. The fourth-order valence-corrected chi connectivity index (χ4v) is 6.58. The normalized spacial score (nSPS) is 11.3. The Bertz CT molecular complexity index is 2580. The molecule has 0 saturated heterocycles. The van der Waals surface area contributed by atoms with Crippen molar-refractivity contribution in [1.82, 2.24) is 15.0 Å². The smallest absolute Gasteiger partial charge is 0.160 e. The summed E-state index contributed by atoms with van der Waals surface area (Å²) >= 11 is 0. The van der Waals surface area contributed by atoms with E-state index in [1.54, 1.807) is 0 Å². The summed E-state index contributed by atoms with van der Waals surface area (Å²) in [6, 6.07) is 56.7. The molecule has 3 aromatic heterocycles. The van der Waals surface area contributed by atoms with E-state index in [1.165, 1.54) is 0 Å². The first-order valence-corrected chi connectivity index (χ1v) is 16.3. The molecule has 4 heteroatoms. The van der Waals surface area contributed by atoms with Crippen LogP contribution in [-0.4, -0.2) is 15.0 Å². The molecule has 49 heavy (non-hydrogen) atoms. The van der Waals surface area contributed by atoms with Crippen LogP contribution in [0.2, 0.25) is 0 Å². The molecule has 0 N–H and O–H groups in total. The van der Waals surface area contributed by atoms with E-state index in [0.717, 1.165) is 83.4 Å². The number of fused-ring (bicyclic) bond motifs is 3. The van der Waals surface area contributed by atoms with Gasteiger partial charge in [0.25, 0.3) is 0 Å².